The zero-order valence-corrected chi connectivity index (χ0v) is 14.2. The van der Waals surface area contributed by atoms with Gasteiger partial charge in [-0.25, -0.2) is 0 Å². The van der Waals surface area contributed by atoms with E-state index in [2.05, 4.69) is 12.8 Å². The molecule has 1 heteroatoms. The summed E-state index contributed by atoms with van der Waals surface area (Å²) in [7, 11) is 0. The maximum Gasteiger partial charge on any atom is 0.133 e. The van der Waals surface area contributed by atoms with E-state index in [1.165, 1.54) is 83.5 Å². The summed E-state index contributed by atoms with van der Waals surface area (Å²) in [6.45, 7) is 2.27. The van der Waals surface area contributed by atoms with Gasteiger partial charge in [0.15, 0.2) is 0 Å². The highest BCUT2D eigenvalue weighted by Crippen LogP contribution is 2.12. The fraction of sp³-hybridized carbons (Fsp3) is 0.800. The van der Waals surface area contributed by atoms with Crippen LogP contribution in [0.2, 0.25) is 0 Å². The van der Waals surface area contributed by atoms with Gasteiger partial charge in [0, 0.05) is 0 Å². The number of hydrogen-bond donors (Lipinski definition) is 1. The second-order valence-electron chi connectivity index (χ2n) is 6.07. The van der Waals surface area contributed by atoms with Gasteiger partial charge in [0.2, 0.25) is 0 Å². The van der Waals surface area contributed by atoms with Gasteiger partial charge in [-0.1, -0.05) is 96.0 Å². The van der Waals surface area contributed by atoms with Crippen LogP contribution < -0.4 is 0 Å². The summed E-state index contributed by atoms with van der Waals surface area (Å²) in [6.07, 6.45) is 27.1. The van der Waals surface area contributed by atoms with Crippen LogP contribution in [0.15, 0.2) is 12.2 Å². The maximum atomic E-state index is 9.14. The highest BCUT2D eigenvalue weighted by Gasteiger charge is 1.93. The molecule has 0 aliphatic rings. The smallest absolute Gasteiger partial charge is 0.133 e. The minimum atomic E-state index is -0.702. The lowest BCUT2D eigenvalue weighted by atomic mass is 10.0. The summed E-state index contributed by atoms with van der Waals surface area (Å²) in [5.41, 5.74) is 0. The van der Waals surface area contributed by atoms with Gasteiger partial charge in [0.1, 0.15) is 6.10 Å². The molecule has 0 fully saturated rings. The third-order valence-electron chi connectivity index (χ3n) is 3.96. The van der Waals surface area contributed by atoms with Crippen molar-refractivity contribution in [3.8, 4) is 12.3 Å². The molecule has 1 N–H and O–H groups in total. The van der Waals surface area contributed by atoms with E-state index in [0.29, 0.717) is 0 Å². The molecule has 0 saturated heterocycles. The molecule has 0 radical (unpaired) electrons. The molecule has 0 unspecified atom stereocenters. The molecule has 0 aliphatic carbocycles. The normalized spacial score (nSPS) is 12.6. The van der Waals surface area contributed by atoms with Gasteiger partial charge in [-0.3, -0.25) is 0 Å². The van der Waals surface area contributed by atoms with Crippen molar-refractivity contribution >= 4 is 0 Å². The van der Waals surface area contributed by atoms with Crippen LogP contribution in [0.1, 0.15) is 96.8 Å². The predicted octanol–water partition coefficient (Wildman–Crippen LogP) is 6.02. The van der Waals surface area contributed by atoms with Crippen molar-refractivity contribution in [3.05, 3.63) is 12.2 Å². The molecule has 0 spiro atoms. The summed E-state index contributed by atoms with van der Waals surface area (Å²) < 4.78 is 0. The Hall–Kier alpha value is -0.740. The van der Waals surface area contributed by atoms with Crippen LogP contribution in [0.5, 0.6) is 0 Å². The van der Waals surface area contributed by atoms with E-state index in [4.69, 9.17) is 11.5 Å². The van der Waals surface area contributed by atoms with E-state index in [1.54, 1.807) is 6.08 Å². The Morgan fingerprint density at radius 2 is 1.24 bits per heavy atom. The van der Waals surface area contributed by atoms with E-state index in [9.17, 15) is 0 Å². The SMILES string of the molecule is C#C[C@@H](O)/C=C/CCCCCCCCCCCCCCC. The summed E-state index contributed by atoms with van der Waals surface area (Å²) in [5.74, 6) is 2.28. The minimum Gasteiger partial charge on any atom is -0.377 e. The molecule has 0 saturated carbocycles. The molecule has 1 atom stereocenters. The highest BCUT2D eigenvalue weighted by molar-refractivity contribution is 5.05. The van der Waals surface area contributed by atoms with Gasteiger partial charge in [0.25, 0.3) is 0 Å². The van der Waals surface area contributed by atoms with Crippen LogP contribution in [-0.4, -0.2) is 11.2 Å². The zero-order chi connectivity index (χ0) is 15.6. The van der Waals surface area contributed by atoms with Crippen molar-refractivity contribution in [2.75, 3.05) is 0 Å². The molecule has 0 amide bonds. The molecule has 122 valence electrons. The Morgan fingerprint density at radius 1 is 0.810 bits per heavy atom. The Morgan fingerprint density at radius 3 is 1.67 bits per heavy atom. The molecule has 1 nitrogen and oxygen atoms in total. The molecule has 0 aliphatic heterocycles. The topological polar surface area (TPSA) is 20.2 Å². The van der Waals surface area contributed by atoms with Crippen LogP contribution in [0.25, 0.3) is 0 Å². The molecular weight excluding hydrogens is 256 g/mol. The van der Waals surface area contributed by atoms with E-state index in [-0.39, 0.29) is 0 Å². The molecule has 21 heavy (non-hydrogen) atoms. The van der Waals surface area contributed by atoms with E-state index in [1.807, 2.05) is 6.08 Å². The molecule has 0 aromatic carbocycles. The van der Waals surface area contributed by atoms with Crippen LogP contribution >= 0.6 is 0 Å². The Labute approximate surface area is 133 Å². The molecule has 0 heterocycles. The molecular formula is C20H36O. The largest absolute Gasteiger partial charge is 0.377 e. The first-order chi connectivity index (χ1) is 10.3. The molecule has 0 rings (SSSR count). The van der Waals surface area contributed by atoms with Crippen molar-refractivity contribution in [3.63, 3.8) is 0 Å². The molecule has 0 bridgehead atoms. The summed E-state index contributed by atoms with van der Waals surface area (Å²) in [4.78, 5) is 0. The first-order valence-electron chi connectivity index (χ1n) is 9.12. The van der Waals surface area contributed by atoms with E-state index < -0.39 is 6.10 Å². The lowest BCUT2D eigenvalue weighted by Gasteiger charge is -2.02. The fourth-order valence-electron chi connectivity index (χ4n) is 2.56. The van der Waals surface area contributed by atoms with Gasteiger partial charge >= 0.3 is 0 Å². The summed E-state index contributed by atoms with van der Waals surface area (Å²) >= 11 is 0. The first kappa shape index (κ1) is 20.3. The Bertz CT molecular complexity index is 262. The van der Waals surface area contributed by atoms with Crippen molar-refractivity contribution in [2.24, 2.45) is 0 Å². The van der Waals surface area contributed by atoms with Crippen LogP contribution in [0.4, 0.5) is 0 Å². The van der Waals surface area contributed by atoms with Gasteiger partial charge < -0.3 is 5.11 Å². The second-order valence-corrected chi connectivity index (χ2v) is 6.07. The van der Waals surface area contributed by atoms with Crippen molar-refractivity contribution in [1.82, 2.24) is 0 Å². The Kier molecular flexibility index (Phi) is 16.7. The third kappa shape index (κ3) is 17.2. The number of rotatable bonds is 15. The number of aliphatic hydroxyl groups is 1. The van der Waals surface area contributed by atoms with Gasteiger partial charge in [-0.05, 0) is 18.9 Å². The number of hydrogen-bond acceptors (Lipinski definition) is 1. The van der Waals surface area contributed by atoms with Crippen molar-refractivity contribution in [1.29, 1.82) is 0 Å². The lowest BCUT2D eigenvalue weighted by Crippen LogP contribution is -1.95. The first-order valence-corrected chi connectivity index (χ1v) is 9.12. The van der Waals surface area contributed by atoms with Crippen LogP contribution in [-0.2, 0) is 0 Å². The van der Waals surface area contributed by atoms with Crippen LogP contribution in [0, 0.1) is 12.3 Å². The monoisotopic (exact) mass is 292 g/mol. The zero-order valence-electron chi connectivity index (χ0n) is 14.2. The fourth-order valence-corrected chi connectivity index (χ4v) is 2.56. The summed E-state index contributed by atoms with van der Waals surface area (Å²) in [5, 5.41) is 9.14. The van der Waals surface area contributed by atoms with Gasteiger partial charge in [-0.2, -0.15) is 0 Å². The Balaban J connectivity index is 3.06. The van der Waals surface area contributed by atoms with Crippen molar-refractivity contribution < 1.29 is 5.11 Å². The summed E-state index contributed by atoms with van der Waals surface area (Å²) in [6, 6.07) is 0. The highest BCUT2D eigenvalue weighted by atomic mass is 16.3. The molecule has 0 aromatic rings. The lowest BCUT2D eigenvalue weighted by molar-refractivity contribution is 0.280. The second kappa shape index (κ2) is 17.3. The number of terminal acetylenes is 1. The standard InChI is InChI=1S/C20H36O/c1-3-5-6-7-8-9-10-11-12-13-14-15-16-17-18-19-20(21)4-2/h2,18-21H,3,5-17H2,1H3/b19-18+/t20-/m1/s1. The average Bonchev–Trinajstić information content (AvgIpc) is 2.50. The molecule has 0 aromatic heterocycles. The van der Waals surface area contributed by atoms with Crippen LogP contribution in [0.3, 0.4) is 0 Å². The quantitative estimate of drug-likeness (QED) is 0.222. The maximum absolute atomic E-state index is 9.14. The minimum absolute atomic E-state index is 0.702. The number of aliphatic hydroxyl groups excluding tert-OH is 1. The number of unbranched alkanes of at least 4 members (excludes halogenated alkanes) is 13. The van der Waals surface area contributed by atoms with E-state index in [0.717, 1.165) is 6.42 Å². The average molecular weight is 293 g/mol. The van der Waals surface area contributed by atoms with Crippen molar-refractivity contribution in [2.45, 2.75) is 103 Å². The van der Waals surface area contributed by atoms with Gasteiger partial charge in [0.05, 0.1) is 0 Å². The third-order valence-corrected chi connectivity index (χ3v) is 3.96. The number of allylic oxidation sites excluding steroid dienone is 1. The predicted molar refractivity (Wildman–Crippen MR) is 94.3 cm³/mol. The van der Waals surface area contributed by atoms with E-state index >= 15 is 0 Å². The van der Waals surface area contributed by atoms with Gasteiger partial charge in [-0.15, -0.1) is 6.42 Å².